The molecule has 11 heteroatoms. The van der Waals surface area contributed by atoms with Crippen molar-refractivity contribution in [2.45, 2.75) is 0 Å². The molecule has 0 aliphatic heterocycles. The van der Waals surface area contributed by atoms with Crippen molar-refractivity contribution in [1.82, 2.24) is 5.32 Å². The Kier molecular flexibility index (Phi) is 6.74. The average Bonchev–Trinajstić information content (AvgIpc) is 2.79. The Labute approximate surface area is 185 Å². The number of nitro groups is 2. The Hall–Kier alpha value is -5.06. The van der Waals surface area contributed by atoms with Crippen LogP contribution in [0.3, 0.4) is 0 Å². The van der Waals surface area contributed by atoms with E-state index in [1.807, 2.05) is 0 Å². The molecule has 0 saturated heterocycles. The Balaban J connectivity index is 1.87. The zero-order valence-electron chi connectivity index (χ0n) is 16.7. The molecule has 2 N–H and O–H groups in total. The van der Waals surface area contributed by atoms with Gasteiger partial charge in [-0.05, 0) is 42.0 Å². The van der Waals surface area contributed by atoms with Gasteiger partial charge in [-0.15, -0.1) is 0 Å². The van der Waals surface area contributed by atoms with E-state index < -0.39 is 38.8 Å². The van der Waals surface area contributed by atoms with Crippen LogP contribution in [0.1, 0.15) is 15.9 Å². The average molecular weight is 449 g/mol. The van der Waals surface area contributed by atoms with E-state index in [1.54, 1.807) is 18.2 Å². The molecule has 0 aliphatic carbocycles. The van der Waals surface area contributed by atoms with Crippen molar-refractivity contribution in [2.75, 3.05) is 0 Å². The minimum Gasteiger partial charge on any atom is -0.477 e. The van der Waals surface area contributed by atoms with Gasteiger partial charge in [0.2, 0.25) is 5.75 Å². The number of nitrogens with one attached hydrogen (secondary N) is 1. The number of aliphatic carboxylic acids is 1. The van der Waals surface area contributed by atoms with E-state index in [9.17, 15) is 34.9 Å². The molecule has 33 heavy (non-hydrogen) atoms. The van der Waals surface area contributed by atoms with Crippen LogP contribution in [0.5, 0.6) is 11.5 Å². The zero-order valence-corrected chi connectivity index (χ0v) is 16.7. The summed E-state index contributed by atoms with van der Waals surface area (Å²) in [6, 6.07) is 16.9. The molecule has 1 amide bonds. The molecular formula is C22H15N3O8. The molecule has 0 atom stereocenters. The number of ether oxygens (including phenoxy) is 1. The van der Waals surface area contributed by atoms with Crippen LogP contribution in [0, 0.1) is 20.2 Å². The minimum absolute atomic E-state index is 0.111. The monoisotopic (exact) mass is 449 g/mol. The van der Waals surface area contributed by atoms with Crippen LogP contribution in [0.25, 0.3) is 6.08 Å². The van der Waals surface area contributed by atoms with E-state index >= 15 is 0 Å². The summed E-state index contributed by atoms with van der Waals surface area (Å²) in [6.45, 7) is 0. The van der Waals surface area contributed by atoms with E-state index in [0.717, 1.165) is 18.2 Å². The first kappa shape index (κ1) is 22.6. The number of carbonyl (C=O) groups excluding carboxylic acids is 1. The fraction of sp³-hybridized carbons (Fsp3) is 0. The van der Waals surface area contributed by atoms with Crippen molar-refractivity contribution >= 4 is 29.3 Å². The van der Waals surface area contributed by atoms with Gasteiger partial charge in [-0.2, -0.15) is 0 Å². The number of nitrogens with zero attached hydrogens (tertiary/aromatic N) is 2. The van der Waals surface area contributed by atoms with Crippen molar-refractivity contribution in [1.29, 1.82) is 0 Å². The van der Waals surface area contributed by atoms with Crippen molar-refractivity contribution in [2.24, 2.45) is 0 Å². The highest BCUT2D eigenvalue weighted by Gasteiger charge is 2.21. The number of carbonyl (C=O) groups is 2. The maximum Gasteiger partial charge on any atom is 0.352 e. The second-order valence-corrected chi connectivity index (χ2v) is 6.52. The first-order valence-electron chi connectivity index (χ1n) is 9.27. The summed E-state index contributed by atoms with van der Waals surface area (Å²) in [4.78, 5) is 44.5. The lowest BCUT2D eigenvalue weighted by Gasteiger charge is -2.08. The maximum absolute atomic E-state index is 12.3. The molecule has 0 saturated carbocycles. The van der Waals surface area contributed by atoms with E-state index in [4.69, 9.17) is 4.74 Å². The molecule has 3 aromatic rings. The van der Waals surface area contributed by atoms with Gasteiger partial charge in [-0.1, -0.05) is 30.3 Å². The molecule has 3 aromatic carbocycles. The van der Waals surface area contributed by atoms with Gasteiger partial charge in [0.15, 0.2) is 0 Å². The van der Waals surface area contributed by atoms with Crippen molar-refractivity contribution in [3.05, 3.63) is 110 Å². The van der Waals surface area contributed by atoms with Gasteiger partial charge in [0.05, 0.1) is 15.9 Å². The van der Waals surface area contributed by atoms with Crippen LogP contribution in [0.2, 0.25) is 0 Å². The standard InChI is InChI=1S/C22H15N3O8/c26-21(15-6-2-1-3-7-15)23-18(22(27)28)12-14-5-4-8-17(11-14)33-20-10-9-16(24(29)30)13-19(20)25(31)32/h1-13H,(H,23,26)(H,27,28). The fourth-order valence-corrected chi connectivity index (χ4v) is 2.75. The predicted molar refractivity (Wildman–Crippen MR) is 116 cm³/mol. The van der Waals surface area contributed by atoms with E-state index in [2.05, 4.69) is 5.32 Å². The Morgan fingerprint density at radius 1 is 0.909 bits per heavy atom. The summed E-state index contributed by atoms with van der Waals surface area (Å²) >= 11 is 0. The minimum atomic E-state index is -1.38. The third-order valence-electron chi connectivity index (χ3n) is 4.26. The van der Waals surface area contributed by atoms with Crippen LogP contribution >= 0.6 is 0 Å². The number of non-ortho nitro benzene ring substituents is 1. The summed E-state index contributed by atoms with van der Waals surface area (Å²) < 4.78 is 5.51. The number of benzene rings is 3. The highest BCUT2D eigenvalue weighted by molar-refractivity contribution is 6.02. The first-order chi connectivity index (χ1) is 15.7. The fourth-order valence-electron chi connectivity index (χ4n) is 2.75. The Morgan fingerprint density at radius 3 is 2.27 bits per heavy atom. The number of rotatable bonds is 8. The van der Waals surface area contributed by atoms with Gasteiger partial charge >= 0.3 is 11.7 Å². The summed E-state index contributed by atoms with van der Waals surface area (Å²) in [5.41, 5.74) is -0.880. The Bertz CT molecular complexity index is 1270. The molecule has 0 spiro atoms. The van der Waals surface area contributed by atoms with E-state index in [1.165, 1.54) is 42.5 Å². The summed E-state index contributed by atoms with van der Waals surface area (Å²) in [7, 11) is 0. The maximum atomic E-state index is 12.3. The van der Waals surface area contributed by atoms with Crippen LogP contribution in [0.4, 0.5) is 11.4 Å². The quantitative estimate of drug-likeness (QED) is 0.294. The number of amides is 1. The summed E-state index contributed by atoms with van der Waals surface area (Å²) in [5, 5.41) is 33.9. The third kappa shape index (κ3) is 5.76. The second kappa shape index (κ2) is 9.83. The van der Waals surface area contributed by atoms with E-state index in [0.29, 0.717) is 5.56 Å². The van der Waals surface area contributed by atoms with Crippen molar-refractivity contribution < 1.29 is 29.3 Å². The second-order valence-electron chi connectivity index (χ2n) is 6.52. The molecular weight excluding hydrogens is 434 g/mol. The summed E-state index contributed by atoms with van der Waals surface area (Å²) in [6.07, 6.45) is 1.19. The normalized spacial score (nSPS) is 10.8. The van der Waals surface area contributed by atoms with Gasteiger partial charge in [-0.3, -0.25) is 25.0 Å². The highest BCUT2D eigenvalue weighted by atomic mass is 16.6. The molecule has 0 bridgehead atoms. The van der Waals surface area contributed by atoms with Gasteiger partial charge in [0.25, 0.3) is 11.6 Å². The molecule has 0 radical (unpaired) electrons. The molecule has 0 aliphatic rings. The van der Waals surface area contributed by atoms with Crippen LogP contribution in [0.15, 0.2) is 78.5 Å². The molecule has 0 unspecified atom stereocenters. The van der Waals surface area contributed by atoms with Gasteiger partial charge in [0.1, 0.15) is 11.4 Å². The molecule has 3 rings (SSSR count). The van der Waals surface area contributed by atoms with Gasteiger partial charge in [0, 0.05) is 11.6 Å². The molecule has 11 nitrogen and oxygen atoms in total. The molecule has 166 valence electrons. The SMILES string of the molecule is O=C(O)C(=Cc1cccc(Oc2ccc([N+](=O)[O-])cc2[N+](=O)[O-])c1)NC(=O)c1ccccc1. The zero-order chi connectivity index (χ0) is 24.0. The number of nitro benzene ring substituents is 2. The lowest BCUT2D eigenvalue weighted by atomic mass is 10.1. The number of carboxylic acids is 1. The number of hydrogen-bond acceptors (Lipinski definition) is 7. The number of hydrogen-bond donors (Lipinski definition) is 2. The first-order valence-corrected chi connectivity index (χ1v) is 9.27. The summed E-state index contributed by atoms with van der Waals surface area (Å²) in [5.74, 6) is -2.11. The van der Waals surface area contributed by atoms with Crippen LogP contribution < -0.4 is 10.1 Å². The molecule has 0 heterocycles. The largest absolute Gasteiger partial charge is 0.477 e. The predicted octanol–water partition coefficient (Wildman–Crippen LogP) is 4.15. The highest BCUT2D eigenvalue weighted by Crippen LogP contribution is 2.34. The van der Waals surface area contributed by atoms with Crippen molar-refractivity contribution in [3.63, 3.8) is 0 Å². The lowest BCUT2D eigenvalue weighted by Crippen LogP contribution is -2.27. The van der Waals surface area contributed by atoms with E-state index in [-0.39, 0.29) is 17.1 Å². The Morgan fingerprint density at radius 2 is 1.64 bits per heavy atom. The van der Waals surface area contributed by atoms with Crippen LogP contribution in [-0.4, -0.2) is 26.8 Å². The van der Waals surface area contributed by atoms with Gasteiger partial charge < -0.3 is 15.2 Å². The van der Waals surface area contributed by atoms with Crippen molar-refractivity contribution in [3.8, 4) is 11.5 Å². The van der Waals surface area contributed by atoms with Gasteiger partial charge in [-0.25, -0.2) is 4.79 Å². The molecule has 0 aromatic heterocycles. The smallest absolute Gasteiger partial charge is 0.352 e. The number of carboxylic acid groups (broad SMARTS) is 1. The van der Waals surface area contributed by atoms with Crippen LogP contribution in [-0.2, 0) is 4.79 Å². The lowest BCUT2D eigenvalue weighted by molar-refractivity contribution is -0.394. The third-order valence-corrected chi connectivity index (χ3v) is 4.26. The molecule has 0 fully saturated rings. The topological polar surface area (TPSA) is 162 Å².